The van der Waals surface area contributed by atoms with Crippen molar-refractivity contribution in [3.05, 3.63) is 60.2 Å². The Labute approximate surface area is 187 Å². The summed E-state index contributed by atoms with van der Waals surface area (Å²) in [7, 11) is 0. The van der Waals surface area contributed by atoms with Crippen LogP contribution in [0.15, 0.2) is 58.5 Å². The van der Waals surface area contributed by atoms with Gasteiger partial charge in [-0.15, -0.1) is 23.5 Å². The van der Waals surface area contributed by atoms with E-state index in [1.165, 1.54) is 71.7 Å². The smallest absolute Gasteiger partial charge is 0.207 e. The highest BCUT2D eigenvalue weighted by Gasteiger charge is 1.96. The minimum atomic E-state index is -0.303. The van der Waals surface area contributed by atoms with Gasteiger partial charge >= 0.3 is 0 Å². The van der Waals surface area contributed by atoms with Crippen LogP contribution in [0, 0.1) is 34.5 Å². The highest BCUT2D eigenvalue weighted by atomic mass is 32.2. The number of anilines is 1. The van der Waals surface area contributed by atoms with Crippen molar-refractivity contribution in [3.8, 4) is 12.4 Å². The van der Waals surface area contributed by atoms with E-state index < -0.39 is 0 Å². The monoisotopic (exact) mass is 466 g/mol. The average Bonchev–Trinajstić information content (AvgIpc) is 2.76. The standard InChI is InChI=1S/C9H8FN3S.C6H6FN.C4H6N2S2/c1-14-9(12-6-11)13-8-4-2-7(10)3-5-8;7-5-1-3-6(8)4-2-5;1-7-4(8-2)6-3-5/h2-5H,1H3,(H,12,13);1-4H,8H2;1-2H3. The van der Waals surface area contributed by atoms with Crippen LogP contribution in [0.25, 0.3) is 0 Å². The van der Waals surface area contributed by atoms with Gasteiger partial charge in [0.1, 0.15) is 16.0 Å². The fourth-order valence-corrected chi connectivity index (χ4v) is 2.76. The van der Waals surface area contributed by atoms with E-state index in [0.717, 1.165) is 4.38 Å². The number of aliphatic imine (C=N–C) groups is 2. The van der Waals surface area contributed by atoms with Crippen molar-refractivity contribution in [2.24, 2.45) is 9.98 Å². The Kier molecular flexibility index (Phi) is 15.6. The van der Waals surface area contributed by atoms with Crippen molar-refractivity contribution < 1.29 is 8.78 Å². The molecule has 3 N–H and O–H groups in total. The lowest BCUT2D eigenvalue weighted by atomic mass is 10.3. The summed E-state index contributed by atoms with van der Waals surface area (Å²) in [6.07, 6.45) is 9.08. The van der Waals surface area contributed by atoms with E-state index in [-0.39, 0.29) is 11.6 Å². The van der Waals surface area contributed by atoms with E-state index in [4.69, 9.17) is 16.3 Å². The first-order valence-electron chi connectivity index (χ1n) is 7.99. The summed E-state index contributed by atoms with van der Waals surface area (Å²) in [5, 5.41) is 19.3. The molecule has 0 amide bonds. The second-order valence-electron chi connectivity index (χ2n) is 4.77. The molecule has 2 rings (SSSR count). The number of amidine groups is 1. The molecule has 0 aliphatic heterocycles. The van der Waals surface area contributed by atoms with Crippen molar-refractivity contribution in [1.82, 2.24) is 5.32 Å². The Morgan fingerprint density at radius 1 is 0.900 bits per heavy atom. The minimum Gasteiger partial charge on any atom is -0.399 e. The number of nitriles is 2. The maximum atomic E-state index is 12.5. The van der Waals surface area contributed by atoms with E-state index in [0.29, 0.717) is 16.5 Å². The number of benzene rings is 2. The lowest BCUT2D eigenvalue weighted by molar-refractivity contribution is 0.627. The number of nitrogens with one attached hydrogen (secondary N) is 1. The third-order valence-electron chi connectivity index (χ3n) is 2.77. The molecule has 0 radical (unpaired) electrons. The molecule has 0 fully saturated rings. The van der Waals surface area contributed by atoms with Gasteiger partial charge in [-0.3, -0.25) is 5.32 Å². The molecule has 0 spiro atoms. The van der Waals surface area contributed by atoms with Gasteiger partial charge in [0, 0.05) is 5.69 Å². The predicted molar refractivity (Wildman–Crippen MR) is 127 cm³/mol. The maximum absolute atomic E-state index is 12.5. The van der Waals surface area contributed by atoms with Gasteiger partial charge in [-0.2, -0.15) is 15.5 Å². The summed E-state index contributed by atoms with van der Waals surface area (Å²) in [5.41, 5.74) is 6.46. The molecule has 0 heterocycles. The van der Waals surface area contributed by atoms with Crippen LogP contribution in [0.3, 0.4) is 0 Å². The van der Waals surface area contributed by atoms with Crippen LogP contribution in [0.2, 0.25) is 0 Å². The first kappa shape index (κ1) is 27.3. The van der Waals surface area contributed by atoms with E-state index in [9.17, 15) is 8.78 Å². The normalized spacial score (nSPS) is 9.50. The van der Waals surface area contributed by atoms with Gasteiger partial charge in [-0.1, -0.05) is 11.8 Å². The molecule has 0 atom stereocenters. The number of nitrogens with two attached hydrogens (primary N) is 1. The second-order valence-corrected chi connectivity index (χ2v) is 7.42. The summed E-state index contributed by atoms with van der Waals surface area (Å²) in [6, 6.07) is 11.4. The predicted octanol–water partition coefficient (Wildman–Crippen LogP) is 5.20. The number of rotatable bonds is 1. The molecule has 158 valence electrons. The fourth-order valence-electron chi connectivity index (χ4n) is 1.48. The molecule has 0 saturated carbocycles. The molecule has 0 aliphatic rings. The molecule has 6 nitrogen and oxygen atoms in total. The zero-order valence-electron chi connectivity index (χ0n) is 16.5. The zero-order valence-corrected chi connectivity index (χ0v) is 18.9. The number of halogens is 2. The minimum absolute atomic E-state index is 0.251. The highest BCUT2D eigenvalue weighted by molar-refractivity contribution is 8.38. The molecular weight excluding hydrogens is 446 g/mol. The fraction of sp³-hybridized carbons (Fsp3) is 0.158. The van der Waals surface area contributed by atoms with Crippen LogP contribution >= 0.6 is 35.3 Å². The largest absolute Gasteiger partial charge is 0.399 e. The number of thioether (sulfide) groups is 3. The summed E-state index contributed by atoms with van der Waals surface area (Å²) in [6.45, 7) is 0. The Morgan fingerprint density at radius 3 is 1.73 bits per heavy atom. The van der Waals surface area contributed by atoms with Crippen molar-refractivity contribution in [2.75, 3.05) is 24.5 Å². The molecule has 2 aromatic carbocycles. The second kappa shape index (κ2) is 17.2. The number of nitrogen functional groups attached to an aromatic ring is 1. The SMILES string of the molecule is CSC(=NC#N)SC.CSC(=Nc1ccc(F)cc1)NC#N.Nc1ccc(F)cc1. The van der Waals surface area contributed by atoms with Crippen molar-refractivity contribution in [1.29, 1.82) is 10.5 Å². The number of nitrogens with zero attached hydrogens (tertiary/aromatic N) is 4. The summed E-state index contributed by atoms with van der Waals surface area (Å²) in [5.74, 6) is -0.554. The third-order valence-corrected chi connectivity index (χ3v) is 5.24. The van der Waals surface area contributed by atoms with Gasteiger partial charge < -0.3 is 5.73 Å². The van der Waals surface area contributed by atoms with E-state index >= 15 is 0 Å². The van der Waals surface area contributed by atoms with Crippen LogP contribution in [0.5, 0.6) is 0 Å². The first-order valence-corrected chi connectivity index (χ1v) is 11.7. The Balaban J connectivity index is 0.000000451. The maximum Gasteiger partial charge on any atom is 0.207 e. The number of hydrogen-bond acceptors (Lipinski definition) is 8. The van der Waals surface area contributed by atoms with E-state index in [2.05, 4.69) is 15.3 Å². The summed E-state index contributed by atoms with van der Waals surface area (Å²) in [4.78, 5) is 7.60. The Morgan fingerprint density at radius 2 is 1.40 bits per heavy atom. The lowest BCUT2D eigenvalue weighted by Crippen LogP contribution is -2.12. The van der Waals surface area contributed by atoms with E-state index in [1.807, 2.05) is 12.5 Å². The Bertz CT molecular complexity index is 861. The van der Waals surface area contributed by atoms with Crippen LogP contribution < -0.4 is 11.1 Å². The summed E-state index contributed by atoms with van der Waals surface area (Å²) < 4.78 is 25.4. The zero-order chi connectivity index (χ0) is 22.8. The van der Waals surface area contributed by atoms with Gasteiger partial charge in [0.05, 0.1) is 5.69 Å². The Hall–Kier alpha value is -2.73. The molecule has 0 unspecified atom stereocenters. The van der Waals surface area contributed by atoms with Crippen molar-refractivity contribution >= 4 is 56.2 Å². The molecule has 30 heavy (non-hydrogen) atoms. The topological polar surface area (TPSA) is 110 Å². The van der Waals surface area contributed by atoms with Crippen LogP contribution in [0.4, 0.5) is 20.2 Å². The molecule has 0 bridgehead atoms. The van der Waals surface area contributed by atoms with E-state index in [1.54, 1.807) is 30.8 Å². The van der Waals surface area contributed by atoms with Gasteiger partial charge in [-0.25, -0.2) is 13.8 Å². The van der Waals surface area contributed by atoms with Gasteiger partial charge in [0.15, 0.2) is 11.4 Å². The average molecular weight is 467 g/mol. The summed E-state index contributed by atoms with van der Waals surface area (Å²) >= 11 is 4.29. The molecule has 0 aliphatic carbocycles. The van der Waals surface area contributed by atoms with Gasteiger partial charge in [-0.05, 0) is 67.3 Å². The third kappa shape index (κ3) is 13.4. The first-order chi connectivity index (χ1) is 14.4. The highest BCUT2D eigenvalue weighted by Crippen LogP contribution is 2.14. The van der Waals surface area contributed by atoms with Crippen LogP contribution in [-0.2, 0) is 0 Å². The molecule has 11 heteroatoms. The van der Waals surface area contributed by atoms with Gasteiger partial charge in [0.25, 0.3) is 0 Å². The van der Waals surface area contributed by atoms with Crippen LogP contribution in [0.1, 0.15) is 0 Å². The van der Waals surface area contributed by atoms with Crippen molar-refractivity contribution in [3.63, 3.8) is 0 Å². The molecular formula is C19H20F2N6S3. The molecule has 0 aromatic heterocycles. The lowest BCUT2D eigenvalue weighted by Gasteiger charge is -1.98. The molecule has 0 saturated heterocycles. The quantitative estimate of drug-likeness (QED) is 0.195. The number of hydrogen-bond donors (Lipinski definition) is 2. The molecule has 2 aromatic rings. The van der Waals surface area contributed by atoms with Crippen LogP contribution in [-0.4, -0.2) is 28.3 Å². The van der Waals surface area contributed by atoms with Crippen molar-refractivity contribution in [2.45, 2.75) is 0 Å². The van der Waals surface area contributed by atoms with Gasteiger partial charge in [0.2, 0.25) is 6.19 Å².